The zero-order valence-corrected chi connectivity index (χ0v) is 13.1. The molecule has 0 spiro atoms. The quantitative estimate of drug-likeness (QED) is 0.846. The lowest BCUT2D eigenvalue weighted by Crippen LogP contribution is -2.12. The second-order valence-corrected chi connectivity index (χ2v) is 5.42. The highest BCUT2D eigenvalue weighted by Crippen LogP contribution is 2.32. The van der Waals surface area contributed by atoms with Crippen LogP contribution in [0.15, 0.2) is 40.9 Å². The van der Waals surface area contributed by atoms with Gasteiger partial charge in [0.1, 0.15) is 17.3 Å². The Balaban J connectivity index is 2.27. The fourth-order valence-electron chi connectivity index (χ4n) is 1.88. The number of nitrogens with one attached hydrogen (secondary N) is 1. The summed E-state index contributed by atoms with van der Waals surface area (Å²) >= 11 is 3.32. The molecule has 0 aromatic heterocycles. The van der Waals surface area contributed by atoms with E-state index in [0.29, 0.717) is 10.2 Å². The van der Waals surface area contributed by atoms with E-state index in [2.05, 4.69) is 34.2 Å². The number of hydrogen-bond donors (Lipinski definition) is 1. The largest absolute Gasteiger partial charge is 0.456 e. The van der Waals surface area contributed by atoms with Crippen molar-refractivity contribution in [2.45, 2.75) is 20.4 Å². The minimum atomic E-state index is -0.291. The second kappa shape index (κ2) is 6.86. The third-order valence-electron chi connectivity index (χ3n) is 2.90. The number of rotatable bonds is 5. The Labute approximate surface area is 127 Å². The third kappa shape index (κ3) is 3.81. The first-order valence-corrected chi connectivity index (χ1v) is 7.32. The molecule has 2 rings (SSSR count). The molecule has 0 saturated heterocycles. The van der Waals surface area contributed by atoms with Crippen LogP contribution in [0.25, 0.3) is 0 Å². The van der Waals surface area contributed by atoms with Crippen molar-refractivity contribution in [2.75, 3.05) is 6.54 Å². The Morgan fingerprint density at radius 3 is 2.60 bits per heavy atom. The van der Waals surface area contributed by atoms with Gasteiger partial charge >= 0.3 is 0 Å². The van der Waals surface area contributed by atoms with E-state index in [-0.39, 0.29) is 5.82 Å². The average Bonchev–Trinajstić information content (AvgIpc) is 2.41. The van der Waals surface area contributed by atoms with Crippen molar-refractivity contribution in [1.82, 2.24) is 5.32 Å². The van der Waals surface area contributed by atoms with Crippen molar-refractivity contribution in [3.8, 4) is 11.5 Å². The van der Waals surface area contributed by atoms with Crippen LogP contribution in [0.3, 0.4) is 0 Å². The van der Waals surface area contributed by atoms with Crippen LogP contribution in [0.4, 0.5) is 4.39 Å². The fourth-order valence-corrected chi connectivity index (χ4v) is 2.31. The zero-order valence-electron chi connectivity index (χ0n) is 11.5. The Morgan fingerprint density at radius 2 is 1.90 bits per heavy atom. The second-order valence-electron chi connectivity index (χ2n) is 4.57. The molecule has 2 nitrogen and oxygen atoms in total. The predicted molar refractivity (Wildman–Crippen MR) is 82.7 cm³/mol. The van der Waals surface area contributed by atoms with Gasteiger partial charge in [-0.2, -0.15) is 0 Å². The standard InChI is InChI=1S/C16H17BrFNO/c1-3-19-10-12-8-11(2)4-6-15(12)20-16-7-5-13(18)9-14(16)17/h4-9,19H,3,10H2,1-2H3. The van der Waals surface area contributed by atoms with Crippen LogP contribution in [0.5, 0.6) is 11.5 Å². The highest BCUT2D eigenvalue weighted by molar-refractivity contribution is 9.10. The smallest absolute Gasteiger partial charge is 0.141 e. The molecule has 2 aromatic rings. The van der Waals surface area contributed by atoms with Crippen LogP contribution in [-0.4, -0.2) is 6.54 Å². The van der Waals surface area contributed by atoms with E-state index < -0.39 is 0 Å². The lowest BCUT2D eigenvalue weighted by molar-refractivity contribution is 0.468. The summed E-state index contributed by atoms with van der Waals surface area (Å²) in [5, 5.41) is 3.29. The van der Waals surface area contributed by atoms with Crippen LogP contribution in [0.1, 0.15) is 18.1 Å². The van der Waals surface area contributed by atoms with Crippen molar-refractivity contribution >= 4 is 15.9 Å². The monoisotopic (exact) mass is 337 g/mol. The number of ether oxygens (including phenoxy) is 1. The van der Waals surface area contributed by atoms with Crippen LogP contribution < -0.4 is 10.1 Å². The van der Waals surface area contributed by atoms with Crippen molar-refractivity contribution in [1.29, 1.82) is 0 Å². The van der Waals surface area contributed by atoms with Crippen LogP contribution >= 0.6 is 15.9 Å². The summed E-state index contributed by atoms with van der Waals surface area (Å²) < 4.78 is 19.6. The topological polar surface area (TPSA) is 21.3 Å². The molecule has 1 N–H and O–H groups in total. The highest BCUT2D eigenvalue weighted by Gasteiger charge is 2.08. The maximum atomic E-state index is 13.1. The molecule has 0 aliphatic rings. The first-order valence-electron chi connectivity index (χ1n) is 6.53. The van der Waals surface area contributed by atoms with Gasteiger partial charge < -0.3 is 10.1 Å². The van der Waals surface area contributed by atoms with Gasteiger partial charge in [0.2, 0.25) is 0 Å². The number of aryl methyl sites for hydroxylation is 1. The molecule has 0 aliphatic heterocycles. The van der Waals surface area contributed by atoms with Crippen LogP contribution in [0, 0.1) is 12.7 Å². The predicted octanol–water partition coefficient (Wildman–Crippen LogP) is 4.80. The minimum absolute atomic E-state index is 0.291. The summed E-state index contributed by atoms with van der Waals surface area (Å²) in [6, 6.07) is 10.4. The maximum absolute atomic E-state index is 13.1. The molecule has 2 aromatic carbocycles. The number of hydrogen-bond acceptors (Lipinski definition) is 2. The fraction of sp³-hybridized carbons (Fsp3) is 0.250. The third-order valence-corrected chi connectivity index (χ3v) is 3.51. The Bertz CT molecular complexity index is 601. The Hall–Kier alpha value is -1.39. The lowest BCUT2D eigenvalue weighted by atomic mass is 10.1. The van der Waals surface area contributed by atoms with E-state index >= 15 is 0 Å². The van der Waals surface area contributed by atoms with Crippen molar-refractivity contribution in [2.24, 2.45) is 0 Å². The molecule has 0 bridgehead atoms. The van der Waals surface area contributed by atoms with Gasteiger partial charge in [-0.1, -0.05) is 24.6 Å². The Kier molecular flexibility index (Phi) is 5.15. The van der Waals surface area contributed by atoms with Crippen LogP contribution in [-0.2, 0) is 6.54 Å². The van der Waals surface area contributed by atoms with E-state index in [0.717, 1.165) is 24.4 Å². The molecule has 0 fully saturated rings. The summed E-state index contributed by atoms with van der Waals surface area (Å²) in [4.78, 5) is 0. The first kappa shape index (κ1) is 15.0. The van der Waals surface area contributed by atoms with Gasteiger partial charge in [-0.25, -0.2) is 4.39 Å². The summed E-state index contributed by atoms with van der Waals surface area (Å²) in [6.07, 6.45) is 0. The van der Waals surface area contributed by atoms with E-state index in [4.69, 9.17) is 4.74 Å². The molecule has 0 aliphatic carbocycles. The summed E-state index contributed by atoms with van der Waals surface area (Å²) in [5.41, 5.74) is 2.27. The number of benzene rings is 2. The highest BCUT2D eigenvalue weighted by atomic mass is 79.9. The van der Waals surface area contributed by atoms with Gasteiger partial charge in [-0.3, -0.25) is 0 Å². The van der Waals surface area contributed by atoms with Gasteiger partial charge in [0, 0.05) is 12.1 Å². The maximum Gasteiger partial charge on any atom is 0.141 e. The van der Waals surface area contributed by atoms with Crippen molar-refractivity contribution in [3.05, 3.63) is 57.8 Å². The van der Waals surface area contributed by atoms with E-state index in [9.17, 15) is 4.39 Å². The van der Waals surface area contributed by atoms with Gasteiger partial charge in [0.05, 0.1) is 4.47 Å². The van der Waals surface area contributed by atoms with Crippen molar-refractivity contribution < 1.29 is 9.13 Å². The zero-order chi connectivity index (χ0) is 14.5. The molecular weight excluding hydrogens is 321 g/mol. The molecular formula is C16H17BrFNO. The lowest BCUT2D eigenvalue weighted by Gasteiger charge is -2.13. The number of halogens is 2. The molecule has 0 amide bonds. The van der Waals surface area contributed by atoms with E-state index in [1.807, 2.05) is 19.1 Å². The molecule has 0 atom stereocenters. The molecule has 0 radical (unpaired) electrons. The summed E-state index contributed by atoms with van der Waals surface area (Å²) in [6.45, 7) is 5.75. The first-order chi connectivity index (χ1) is 9.60. The molecule has 0 saturated carbocycles. The van der Waals surface area contributed by atoms with Crippen molar-refractivity contribution in [3.63, 3.8) is 0 Å². The average molecular weight is 338 g/mol. The van der Waals surface area contributed by atoms with E-state index in [1.165, 1.54) is 17.7 Å². The molecule has 106 valence electrons. The summed E-state index contributed by atoms with van der Waals surface area (Å²) in [5.74, 6) is 1.10. The van der Waals surface area contributed by atoms with E-state index in [1.54, 1.807) is 6.07 Å². The molecule has 0 unspecified atom stereocenters. The minimum Gasteiger partial charge on any atom is -0.456 e. The van der Waals surface area contributed by atoms with Crippen LogP contribution in [0.2, 0.25) is 0 Å². The Morgan fingerprint density at radius 1 is 1.15 bits per heavy atom. The molecule has 20 heavy (non-hydrogen) atoms. The SMILES string of the molecule is CCNCc1cc(C)ccc1Oc1ccc(F)cc1Br. The van der Waals surface area contributed by atoms with Gasteiger partial charge in [-0.05, 0) is 53.7 Å². The van der Waals surface area contributed by atoms with Gasteiger partial charge in [-0.15, -0.1) is 0 Å². The molecule has 0 heterocycles. The molecule has 4 heteroatoms. The van der Waals surface area contributed by atoms with Gasteiger partial charge in [0.25, 0.3) is 0 Å². The normalized spacial score (nSPS) is 10.6. The van der Waals surface area contributed by atoms with Gasteiger partial charge in [0.15, 0.2) is 0 Å². The summed E-state index contributed by atoms with van der Waals surface area (Å²) in [7, 11) is 0.